The maximum absolute atomic E-state index is 3.55. The SMILES string of the molecule is CC(C)c1cc(CCCCCCBr)cc(C(C)C)c1N([Si](C)(C)C)[Si](C)(C)C. The van der Waals surface area contributed by atoms with Crippen LogP contribution in [0.15, 0.2) is 12.1 Å². The van der Waals surface area contributed by atoms with Gasteiger partial charge in [-0.25, -0.2) is 0 Å². The van der Waals surface area contributed by atoms with Crippen molar-refractivity contribution in [1.29, 1.82) is 0 Å². The first-order valence-electron chi connectivity index (χ1n) is 11.3. The normalized spacial score (nSPS) is 12.9. The summed E-state index contributed by atoms with van der Waals surface area (Å²) in [6.07, 6.45) is 6.53. The van der Waals surface area contributed by atoms with Crippen molar-refractivity contribution in [3.63, 3.8) is 0 Å². The first kappa shape index (κ1) is 26.0. The summed E-state index contributed by atoms with van der Waals surface area (Å²) in [5.41, 5.74) is 6.34. The monoisotopic (exact) mass is 483 g/mol. The van der Waals surface area contributed by atoms with Crippen molar-refractivity contribution in [2.75, 3.05) is 9.56 Å². The number of nitrogens with zero attached hydrogens (tertiary/aromatic N) is 1. The third-order valence-electron chi connectivity index (χ3n) is 5.39. The van der Waals surface area contributed by atoms with E-state index in [-0.39, 0.29) is 0 Å². The van der Waals surface area contributed by atoms with Crippen LogP contribution in [0.2, 0.25) is 39.3 Å². The van der Waals surface area contributed by atoms with E-state index in [0.29, 0.717) is 11.8 Å². The van der Waals surface area contributed by atoms with Crippen LogP contribution in [0.3, 0.4) is 0 Å². The first-order chi connectivity index (χ1) is 12.8. The minimum Gasteiger partial charge on any atom is -0.424 e. The van der Waals surface area contributed by atoms with Crippen molar-refractivity contribution in [2.24, 2.45) is 0 Å². The van der Waals surface area contributed by atoms with Gasteiger partial charge in [0.05, 0.1) is 0 Å². The van der Waals surface area contributed by atoms with Crippen LogP contribution in [-0.2, 0) is 6.42 Å². The Morgan fingerprint density at radius 2 is 1.18 bits per heavy atom. The lowest BCUT2D eigenvalue weighted by Crippen LogP contribution is -2.60. The highest BCUT2D eigenvalue weighted by Crippen LogP contribution is 2.41. The van der Waals surface area contributed by atoms with Crippen LogP contribution in [-0.4, -0.2) is 21.8 Å². The summed E-state index contributed by atoms with van der Waals surface area (Å²) >= 11 is 3.55. The lowest BCUT2D eigenvalue weighted by atomic mass is 9.89. The molecule has 0 unspecified atom stereocenters. The maximum Gasteiger partial charge on any atom is 0.138 e. The van der Waals surface area contributed by atoms with Crippen molar-refractivity contribution in [2.45, 2.75) is 111 Å². The van der Waals surface area contributed by atoms with Gasteiger partial charge >= 0.3 is 0 Å². The van der Waals surface area contributed by atoms with Gasteiger partial charge in [-0.1, -0.05) is 108 Å². The smallest absolute Gasteiger partial charge is 0.138 e. The van der Waals surface area contributed by atoms with Crippen LogP contribution in [0.25, 0.3) is 0 Å². The van der Waals surface area contributed by atoms with Crippen LogP contribution < -0.4 is 4.23 Å². The highest BCUT2D eigenvalue weighted by atomic mass is 79.9. The zero-order valence-electron chi connectivity index (χ0n) is 20.4. The van der Waals surface area contributed by atoms with E-state index < -0.39 is 16.5 Å². The molecule has 0 aliphatic carbocycles. The van der Waals surface area contributed by atoms with Crippen LogP contribution >= 0.6 is 15.9 Å². The molecule has 0 aliphatic heterocycles. The van der Waals surface area contributed by atoms with Gasteiger partial charge in [-0.3, -0.25) is 0 Å². The molecule has 1 aromatic carbocycles. The largest absolute Gasteiger partial charge is 0.424 e. The van der Waals surface area contributed by atoms with Crippen molar-refractivity contribution < 1.29 is 0 Å². The van der Waals surface area contributed by atoms with E-state index in [0.717, 1.165) is 5.33 Å². The molecule has 0 aliphatic rings. The number of anilines is 1. The van der Waals surface area contributed by atoms with Crippen LogP contribution in [0.4, 0.5) is 5.69 Å². The molecule has 162 valence electrons. The summed E-state index contributed by atoms with van der Waals surface area (Å²) in [6, 6.07) is 5.12. The quantitative estimate of drug-likeness (QED) is 0.172. The Kier molecular flexibility index (Phi) is 10.0. The summed E-state index contributed by atoms with van der Waals surface area (Å²) < 4.78 is 2.95. The molecule has 0 saturated heterocycles. The third-order valence-corrected chi connectivity index (χ3v) is 13.1. The van der Waals surface area contributed by atoms with Gasteiger partial charge < -0.3 is 4.23 Å². The number of hydrogen-bond acceptors (Lipinski definition) is 1. The van der Waals surface area contributed by atoms with Gasteiger partial charge in [0.25, 0.3) is 0 Å². The van der Waals surface area contributed by atoms with Crippen LogP contribution in [0, 0.1) is 0 Å². The fourth-order valence-electron chi connectivity index (χ4n) is 4.48. The lowest BCUT2D eigenvalue weighted by molar-refractivity contribution is 0.670. The summed E-state index contributed by atoms with van der Waals surface area (Å²) in [5.74, 6) is 1.13. The minimum atomic E-state index is -1.48. The van der Waals surface area contributed by atoms with Gasteiger partial charge in [-0.2, -0.15) is 0 Å². The molecular formula is C24H46BrNSi2. The van der Waals surface area contributed by atoms with Gasteiger partial charge in [-0.15, -0.1) is 0 Å². The number of rotatable bonds is 11. The molecule has 0 heterocycles. The van der Waals surface area contributed by atoms with E-state index in [9.17, 15) is 0 Å². The number of alkyl halides is 1. The molecule has 1 nitrogen and oxygen atoms in total. The van der Waals surface area contributed by atoms with E-state index in [1.54, 1.807) is 22.4 Å². The van der Waals surface area contributed by atoms with E-state index >= 15 is 0 Å². The van der Waals surface area contributed by atoms with Gasteiger partial charge in [0.15, 0.2) is 0 Å². The Balaban J connectivity index is 3.46. The highest BCUT2D eigenvalue weighted by Gasteiger charge is 2.37. The molecule has 0 atom stereocenters. The molecule has 0 aromatic heterocycles. The lowest BCUT2D eigenvalue weighted by Gasteiger charge is -2.48. The van der Waals surface area contributed by atoms with Crippen molar-refractivity contribution >= 4 is 38.1 Å². The first-order valence-corrected chi connectivity index (χ1v) is 19.3. The van der Waals surface area contributed by atoms with E-state index in [4.69, 9.17) is 0 Å². The predicted molar refractivity (Wildman–Crippen MR) is 140 cm³/mol. The molecule has 0 fully saturated rings. The summed E-state index contributed by atoms with van der Waals surface area (Å²) in [5, 5.41) is 1.14. The Morgan fingerprint density at radius 3 is 1.54 bits per heavy atom. The topological polar surface area (TPSA) is 3.24 Å². The van der Waals surface area contributed by atoms with Gasteiger partial charge in [-0.05, 0) is 47.8 Å². The highest BCUT2D eigenvalue weighted by molar-refractivity contribution is 9.09. The zero-order chi connectivity index (χ0) is 21.7. The third kappa shape index (κ3) is 7.32. The molecular weight excluding hydrogens is 438 g/mol. The van der Waals surface area contributed by atoms with Crippen molar-refractivity contribution in [3.05, 3.63) is 28.8 Å². The van der Waals surface area contributed by atoms with E-state index in [1.807, 2.05) is 0 Å². The Bertz CT molecular complexity index is 569. The second-order valence-electron chi connectivity index (χ2n) is 11.0. The van der Waals surface area contributed by atoms with E-state index in [2.05, 4.69) is 99.3 Å². The molecule has 0 N–H and O–H groups in total. The predicted octanol–water partition coefficient (Wildman–Crippen LogP) is 8.91. The van der Waals surface area contributed by atoms with E-state index in [1.165, 1.54) is 32.1 Å². The average Bonchev–Trinajstić information content (AvgIpc) is 2.52. The van der Waals surface area contributed by atoms with Crippen molar-refractivity contribution in [3.8, 4) is 0 Å². The number of benzene rings is 1. The molecule has 0 spiro atoms. The van der Waals surface area contributed by atoms with Gasteiger partial charge in [0, 0.05) is 11.0 Å². The Labute approximate surface area is 187 Å². The fourth-order valence-corrected chi connectivity index (χ4v) is 14.8. The number of halogens is 1. The molecule has 4 heteroatoms. The number of unbranched alkanes of at least 4 members (excludes halogenated alkanes) is 3. The second kappa shape index (κ2) is 10.8. The summed E-state index contributed by atoms with van der Waals surface area (Å²) in [4.78, 5) is 0. The molecule has 0 amide bonds. The maximum atomic E-state index is 3.55. The minimum absolute atomic E-state index is 0.566. The molecule has 28 heavy (non-hydrogen) atoms. The summed E-state index contributed by atoms with van der Waals surface area (Å²) in [7, 11) is -2.97. The standard InChI is InChI=1S/C24H46BrNSi2/c1-19(2)22-17-21(15-13-11-12-14-16-25)18-23(20(3)4)24(22)26(27(5,6)7)28(8,9)10/h17-20H,11-16H2,1-10H3. The molecule has 0 saturated carbocycles. The number of hydrogen-bond donors (Lipinski definition) is 0. The second-order valence-corrected chi connectivity index (χ2v) is 21.8. The van der Waals surface area contributed by atoms with Gasteiger partial charge in [0.2, 0.25) is 0 Å². The average molecular weight is 485 g/mol. The van der Waals surface area contributed by atoms with Crippen LogP contribution in [0.1, 0.15) is 81.9 Å². The summed E-state index contributed by atoms with van der Waals surface area (Å²) in [6.45, 7) is 24.7. The Hall–Kier alpha value is -0.0662. The fraction of sp³-hybridized carbons (Fsp3) is 0.750. The van der Waals surface area contributed by atoms with Crippen molar-refractivity contribution in [1.82, 2.24) is 0 Å². The molecule has 0 bridgehead atoms. The molecule has 1 aromatic rings. The molecule has 1 rings (SSSR count). The molecule has 0 radical (unpaired) electrons. The number of aryl methyl sites for hydroxylation is 1. The van der Waals surface area contributed by atoms with Crippen LogP contribution in [0.5, 0.6) is 0 Å². The Morgan fingerprint density at radius 1 is 0.750 bits per heavy atom. The van der Waals surface area contributed by atoms with Gasteiger partial charge in [0.1, 0.15) is 16.5 Å². The zero-order valence-corrected chi connectivity index (χ0v) is 24.0.